The number of rotatable bonds is 3. The number of benzene rings is 1. The van der Waals surface area contributed by atoms with Gasteiger partial charge in [0.2, 0.25) is 0 Å². The van der Waals surface area contributed by atoms with Crippen LogP contribution in [0.4, 0.5) is 0 Å². The third-order valence-electron chi connectivity index (χ3n) is 2.52. The summed E-state index contributed by atoms with van der Waals surface area (Å²) in [7, 11) is 0. The second kappa shape index (κ2) is 6.30. The fourth-order valence-corrected chi connectivity index (χ4v) is 1.63. The van der Waals surface area contributed by atoms with E-state index in [1.807, 2.05) is 0 Å². The van der Waals surface area contributed by atoms with Crippen LogP contribution in [0.1, 0.15) is 42.9 Å². The summed E-state index contributed by atoms with van der Waals surface area (Å²) in [6.07, 6.45) is 4.27. The van der Waals surface area contributed by atoms with Crippen LogP contribution in [0, 0.1) is 25.7 Å². The van der Waals surface area contributed by atoms with Crippen LogP contribution in [0.2, 0.25) is 0 Å². The average molecular weight is 200 g/mol. The van der Waals surface area contributed by atoms with Crippen LogP contribution < -0.4 is 0 Å². The molecule has 0 heteroatoms. The molecule has 0 fully saturated rings. The fourth-order valence-electron chi connectivity index (χ4n) is 1.63. The number of hydrogen-bond donors (Lipinski definition) is 0. The van der Waals surface area contributed by atoms with Crippen LogP contribution in [0.3, 0.4) is 0 Å². The molecule has 1 aromatic rings. The van der Waals surface area contributed by atoms with E-state index in [9.17, 15) is 0 Å². The summed E-state index contributed by atoms with van der Waals surface area (Å²) in [5.41, 5.74) is 4.17. The van der Waals surface area contributed by atoms with Crippen LogP contribution in [0.15, 0.2) is 18.2 Å². The minimum atomic E-state index is 0.990. The Hall–Kier alpha value is -1.22. The van der Waals surface area contributed by atoms with E-state index < -0.39 is 0 Å². The SMILES string of the molecule is CCCC#CCCc1ccc(C)cc1C. The molecule has 0 aliphatic carbocycles. The van der Waals surface area contributed by atoms with Crippen LogP contribution in [0.5, 0.6) is 0 Å². The highest BCUT2D eigenvalue weighted by Gasteiger charge is 1.96. The molecule has 0 spiro atoms. The van der Waals surface area contributed by atoms with Crippen LogP contribution in [-0.4, -0.2) is 0 Å². The smallest absolute Gasteiger partial charge is 0.0129 e. The first-order chi connectivity index (χ1) is 7.24. The Morgan fingerprint density at radius 1 is 1.07 bits per heavy atom. The molecule has 0 aromatic heterocycles. The maximum Gasteiger partial charge on any atom is 0.0129 e. The summed E-state index contributed by atoms with van der Waals surface area (Å²) >= 11 is 0. The molecule has 15 heavy (non-hydrogen) atoms. The lowest BCUT2D eigenvalue weighted by molar-refractivity contribution is 0.971. The molecule has 0 radical (unpaired) electrons. The van der Waals surface area contributed by atoms with Gasteiger partial charge in [0.05, 0.1) is 0 Å². The molecule has 0 atom stereocenters. The molecule has 0 saturated heterocycles. The molecule has 0 heterocycles. The van der Waals surface area contributed by atoms with E-state index in [2.05, 4.69) is 50.8 Å². The minimum absolute atomic E-state index is 0.990. The Kier molecular flexibility index (Phi) is 4.98. The summed E-state index contributed by atoms with van der Waals surface area (Å²) < 4.78 is 0. The van der Waals surface area contributed by atoms with E-state index in [1.54, 1.807) is 0 Å². The largest absolute Gasteiger partial charge is 0.103 e. The molecule has 0 saturated carbocycles. The zero-order valence-electron chi connectivity index (χ0n) is 10.1. The van der Waals surface area contributed by atoms with Crippen molar-refractivity contribution < 1.29 is 0 Å². The molecule has 0 N–H and O–H groups in total. The van der Waals surface area contributed by atoms with Gasteiger partial charge in [-0.05, 0) is 37.8 Å². The van der Waals surface area contributed by atoms with Crippen molar-refractivity contribution in [2.24, 2.45) is 0 Å². The van der Waals surface area contributed by atoms with Crippen molar-refractivity contribution >= 4 is 0 Å². The Bertz CT molecular complexity index is 363. The zero-order chi connectivity index (χ0) is 11.1. The van der Waals surface area contributed by atoms with Gasteiger partial charge in [-0.15, -0.1) is 11.8 Å². The van der Waals surface area contributed by atoms with E-state index >= 15 is 0 Å². The molecule has 0 nitrogen and oxygen atoms in total. The Labute approximate surface area is 93.7 Å². The van der Waals surface area contributed by atoms with E-state index in [0.29, 0.717) is 0 Å². The lowest BCUT2D eigenvalue weighted by Crippen LogP contribution is -1.89. The number of unbranched alkanes of at least 4 members (excludes halogenated alkanes) is 1. The molecular formula is C15H20. The maximum absolute atomic E-state index is 3.23. The predicted octanol–water partition coefficient (Wildman–Crippen LogP) is 4.04. The summed E-state index contributed by atoms with van der Waals surface area (Å²) in [4.78, 5) is 0. The van der Waals surface area contributed by atoms with Crippen molar-refractivity contribution in [1.29, 1.82) is 0 Å². The first-order valence-electron chi connectivity index (χ1n) is 5.76. The normalized spacial score (nSPS) is 9.53. The maximum atomic E-state index is 3.23. The molecule has 0 aliphatic heterocycles. The van der Waals surface area contributed by atoms with Crippen molar-refractivity contribution in [3.05, 3.63) is 34.9 Å². The first-order valence-corrected chi connectivity index (χ1v) is 5.76. The van der Waals surface area contributed by atoms with Gasteiger partial charge < -0.3 is 0 Å². The minimum Gasteiger partial charge on any atom is -0.103 e. The first kappa shape index (κ1) is 11.9. The topological polar surface area (TPSA) is 0 Å². The summed E-state index contributed by atoms with van der Waals surface area (Å²) in [5, 5.41) is 0. The van der Waals surface area contributed by atoms with E-state index in [0.717, 1.165) is 25.7 Å². The number of hydrogen-bond acceptors (Lipinski definition) is 0. The third-order valence-corrected chi connectivity index (χ3v) is 2.52. The van der Waals surface area contributed by atoms with Crippen LogP contribution in [-0.2, 0) is 6.42 Å². The monoisotopic (exact) mass is 200 g/mol. The van der Waals surface area contributed by atoms with Crippen molar-refractivity contribution in [2.75, 3.05) is 0 Å². The van der Waals surface area contributed by atoms with Crippen LogP contribution in [0.25, 0.3) is 0 Å². The van der Waals surface area contributed by atoms with E-state index in [-0.39, 0.29) is 0 Å². The molecule has 0 amide bonds. The Morgan fingerprint density at radius 3 is 2.47 bits per heavy atom. The molecule has 1 rings (SSSR count). The van der Waals surface area contributed by atoms with Crippen LogP contribution >= 0.6 is 0 Å². The third kappa shape index (κ3) is 4.21. The van der Waals surface area contributed by atoms with Gasteiger partial charge in [-0.3, -0.25) is 0 Å². The van der Waals surface area contributed by atoms with Crippen molar-refractivity contribution in [1.82, 2.24) is 0 Å². The van der Waals surface area contributed by atoms with Gasteiger partial charge in [-0.2, -0.15) is 0 Å². The summed E-state index contributed by atoms with van der Waals surface area (Å²) in [5.74, 6) is 6.41. The highest BCUT2D eigenvalue weighted by atomic mass is 14.0. The molecule has 80 valence electrons. The standard InChI is InChI=1S/C15H20/c1-4-5-6-7-8-9-15-11-10-13(2)12-14(15)3/h10-12H,4-5,8-9H2,1-3H3. The van der Waals surface area contributed by atoms with Gasteiger partial charge in [0.1, 0.15) is 0 Å². The van der Waals surface area contributed by atoms with Gasteiger partial charge in [0.25, 0.3) is 0 Å². The molecule has 0 unspecified atom stereocenters. The zero-order valence-corrected chi connectivity index (χ0v) is 10.1. The molecule has 0 bridgehead atoms. The van der Waals surface area contributed by atoms with Crippen molar-refractivity contribution in [3.63, 3.8) is 0 Å². The Morgan fingerprint density at radius 2 is 1.80 bits per heavy atom. The van der Waals surface area contributed by atoms with Gasteiger partial charge in [0, 0.05) is 12.8 Å². The quantitative estimate of drug-likeness (QED) is 0.646. The lowest BCUT2D eigenvalue weighted by atomic mass is 10.0. The highest BCUT2D eigenvalue weighted by molar-refractivity contribution is 5.30. The van der Waals surface area contributed by atoms with Gasteiger partial charge in [-0.1, -0.05) is 30.7 Å². The molecule has 0 aliphatic rings. The Balaban J connectivity index is 2.48. The average Bonchev–Trinajstić information content (AvgIpc) is 2.20. The van der Waals surface area contributed by atoms with Gasteiger partial charge in [0.15, 0.2) is 0 Å². The molecule has 1 aromatic carbocycles. The van der Waals surface area contributed by atoms with Gasteiger partial charge in [-0.25, -0.2) is 0 Å². The second-order valence-corrected chi connectivity index (χ2v) is 4.03. The van der Waals surface area contributed by atoms with Crippen molar-refractivity contribution in [3.8, 4) is 11.8 Å². The number of aryl methyl sites for hydroxylation is 3. The molecular weight excluding hydrogens is 180 g/mol. The van der Waals surface area contributed by atoms with Gasteiger partial charge >= 0.3 is 0 Å². The summed E-state index contributed by atoms with van der Waals surface area (Å²) in [6.45, 7) is 6.48. The lowest BCUT2D eigenvalue weighted by Gasteiger charge is -2.04. The van der Waals surface area contributed by atoms with E-state index in [4.69, 9.17) is 0 Å². The van der Waals surface area contributed by atoms with Crippen molar-refractivity contribution in [2.45, 2.75) is 46.5 Å². The second-order valence-electron chi connectivity index (χ2n) is 4.03. The fraction of sp³-hybridized carbons (Fsp3) is 0.467. The van der Waals surface area contributed by atoms with E-state index in [1.165, 1.54) is 16.7 Å². The predicted molar refractivity (Wildman–Crippen MR) is 66.9 cm³/mol. The highest BCUT2D eigenvalue weighted by Crippen LogP contribution is 2.12. The summed E-state index contributed by atoms with van der Waals surface area (Å²) in [6, 6.07) is 6.66.